The molecule has 0 amide bonds. The molecule has 0 heterocycles. The molecule has 0 aromatic heterocycles. The summed E-state index contributed by atoms with van der Waals surface area (Å²) >= 11 is 0. The van der Waals surface area contributed by atoms with Crippen LogP contribution in [0, 0.1) is 0 Å². The smallest absolute Gasteiger partial charge is 0.220 e. The second kappa shape index (κ2) is 4.92. The van der Waals surface area contributed by atoms with Crippen molar-refractivity contribution >= 4 is 5.69 Å². The number of rotatable bonds is 2. The summed E-state index contributed by atoms with van der Waals surface area (Å²) in [6, 6.07) is 14.2. The summed E-state index contributed by atoms with van der Waals surface area (Å²) in [5.41, 5.74) is 2.02. The molecule has 0 spiro atoms. The van der Waals surface area contributed by atoms with Crippen molar-refractivity contribution in [3.05, 3.63) is 58.8 Å². The molecule has 3 heteroatoms. The molecule has 0 atom stereocenters. The summed E-state index contributed by atoms with van der Waals surface area (Å²) in [4.78, 5) is 13.5. The van der Waals surface area contributed by atoms with E-state index in [9.17, 15) is 9.90 Å². The largest absolute Gasteiger partial charge is 0.504 e. The van der Waals surface area contributed by atoms with Crippen LogP contribution >= 0.6 is 0 Å². The maximum atomic E-state index is 11.6. The Balaban J connectivity index is 2.63. The average Bonchev–Trinajstić information content (AvgIpc) is 2.53. The molecule has 0 radical (unpaired) electrons. The highest BCUT2D eigenvalue weighted by molar-refractivity contribution is 5.72. The van der Waals surface area contributed by atoms with Crippen LogP contribution in [0.3, 0.4) is 0 Å². The van der Waals surface area contributed by atoms with E-state index in [2.05, 4.69) is 0 Å². The van der Waals surface area contributed by atoms with E-state index in [4.69, 9.17) is 0 Å². The molecule has 0 saturated heterocycles. The lowest BCUT2D eigenvalue weighted by molar-refractivity contribution is 0.473. The van der Waals surface area contributed by atoms with E-state index in [1.165, 1.54) is 6.07 Å². The Morgan fingerprint density at radius 2 is 1.72 bits per heavy atom. The van der Waals surface area contributed by atoms with Gasteiger partial charge in [-0.25, -0.2) is 0 Å². The fourth-order valence-electron chi connectivity index (χ4n) is 1.77. The summed E-state index contributed by atoms with van der Waals surface area (Å²) < 4.78 is 0. The lowest BCUT2D eigenvalue weighted by atomic mass is 10.1. The van der Waals surface area contributed by atoms with E-state index in [1.54, 1.807) is 18.2 Å². The van der Waals surface area contributed by atoms with E-state index in [0.29, 0.717) is 5.56 Å². The SMILES string of the molecule is CN(C)c1cccc(-c2ccccc(=O)c2O)c1. The number of hydrogen-bond acceptors (Lipinski definition) is 3. The van der Waals surface area contributed by atoms with Crippen molar-refractivity contribution in [3.63, 3.8) is 0 Å². The van der Waals surface area contributed by atoms with Crippen LogP contribution in [0.5, 0.6) is 5.75 Å². The maximum absolute atomic E-state index is 11.6. The highest BCUT2D eigenvalue weighted by Crippen LogP contribution is 2.28. The third kappa shape index (κ3) is 2.35. The van der Waals surface area contributed by atoms with Crippen molar-refractivity contribution in [2.75, 3.05) is 19.0 Å². The van der Waals surface area contributed by atoms with Crippen LogP contribution in [0.1, 0.15) is 0 Å². The van der Waals surface area contributed by atoms with E-state index in [0.717, 1.165) is 11.3 Å². The molecule has 2 aromatic rings. The highest BCUT2D eigenvalue weighted by atomic mass is 16.3. The Hall–Kier alpha value is -2.29. The number of benzene rings is 1. The summed E-state index contributed by atoms with van der Waals surface area (Å²) in [6.45, 7) is 0. The molecule has 0 unspecified atom stereocenters. The Bertz CT molecular complexity index is 621. The summed E-state index contributed by atoms with van der Waals surface area (Å²) in [5.74, 6) is -0.212. The average molecular weight is 241 g/mol. The van der Waals surface area contributed by atoms with Crippen molar-refractivity contribution < 1.29 is 5.11 Å². The summed E-state index contributed by atoms with van der Waals surface area (Å²) in [6.07, 6.45) is 0. The minimum atomic E-state index is -0.370. The molecule has 18 heavy (non-hydrogen) atoms. The van der Waals surface area contributed by atoms with Gasteiger partial charge in [0.05, 0.1) is 0 Å². The molecule has 2 aromatic carbocycles. The first-order valence-electron chi connectivity index (χ1n) is 5.69. The Morgan fingerprint density at radius 3 is 2.44 bits per heavy atom. The van der Waals surface area contributed by atoms with Crippen molar-refractivity contribution in [1.29, 1.82) is 0 Å². The first-order valence-corrected chi connectivity index (χ1v) is 5.69. The highest BCUT2D eigenvalue weighted by Gasteiger charge is 2.06. The van der Waals surface area contributed by atoms with Gasteiger partial charge >= 0.3 is 0 Å². The summed E-state index contributed by atoms with van der Waals surface area (Å²) in [7, 11) is 3.89. The van der Waals surface area contributed by atoms with E-state index in [-0.39, 0.29) is 11.2 Å². The fraction of sp³-hybridized carbons (Fsp3) is 0.133. The zero-order chi connectivity index (χ0) is 13.1. The van der Waals surface area contributed by atoms with Gasteiger partial charge in [-0.3, -0.25) is 4.79 Å². The Kier molecular flexibility index (Phi) is 3.33. The molecular weight excluding hydrogens is 226 g/mol. The van der Waals surface area contributed by atoms with Gasteiger partial charge < -0.3 is 10.0 Å². The topological polar surface area (TPSA) is 40.5 Å². The van der Waals surface area contributed by atoms with Crippen LogP contribution in [0.25, 0.3) is 11.1 Å². The van der Waals surface area contributed by atoms with Crippen molar-refractivity contribution in [1.82, 2.24) is 0 Å². The number of nitrogens with zero attached hydrogens (tertiary/aromatic N) is 1. The number of anilines is 1. The number of hydrogen-bond donors (Lipinski definition) is 1. The van der Waals surface area contributed by atoms with Crippen molar-refractivity contribution in [2.45, 2.75) is 0 Å². The second-order valence-corrected chi connectivity index (χ2v) is 4.29. The standard InChI is InChI=1S/C15H15NO2/c1-16(2)12-7-5-6-11(10-12)13-8-3-4-9-14(17)15(13)18/h3-10H,1-2H3,(H,17,18). The fourth-order valence-corrected chi connectivity index (χ4v) is 1.77. The van der Waals surface area contributed by atoms with E-state index in [1.807, 2.05) is 43.3 Å². The van der Waals surface area contributed by atoms with Crippen LogP contribution < -0.4 is 10.3 Å². The van der Waals surface area contributed by atoms with Crippen LogP contribution in [0.4, 0.5) is 5.69 Å². The third-order valence-electron chi connectivity index (χ3n) is 2.78. The lowest BCUT2D eigenvalue weighted by Gasteiger charge is -2.13. The predicted molar refractivity (Wildman–Crippen MR) is 74.1 cm³/mol. The van der Waals surface area contributed by atoms with Gasteiger partial charge in [0.2, 0.25) is 5.43 Å². The molecule has 0 bridgehead atoms. The Morgan fingerprint density at radius 1 is 1.00 bits per heavy atom. The lowest BCUT2D eigenvalue weighted by Crippen LogP contribution is -2.08. The Labute approximate surface area is 106 Å². The van der Waals surface area contributed by atoms with Crippen LogP contribution in [0.2, 0.25) is 0 Å². The van der Waals surface area contributed by atoms with Gasteiger partial charge in [-0.05, 0) is 23.8 Å². The molecule has 1 N–H and O–H groups in total. The van der Waals surface area contributed by atoms with Crippen LogP contribution in [-0.4, -0.2) is 19.2 Å². The molecule has 0 saturated carbocycles. The van der Waals surface area contributed by atoms with Crippen molar-refractivity contribution in [2.24, 2.45) is 0 Å². The van der Waals surface area contributed by atoms with Gasteiger partial charge in [-0.1, -0.05) is 30.3 Å². The second-order valence-electron chi connectivity index (χ2n) is 4.29. The van der Waals surface area contributed by atoms with E-state index >= 15 is 0 Å². The zero-order valence-electron chi connectivity index (χ0n) is 10.4. The molecule has 2 rings (SSSR count). The van der Waals surface area contributed by atoms with Gasteiger partial charge in [0.25, 0.3) is 0 Å². The quantitative estimate of drug-likeness (QED) is 0.878. The molecule has 92 valence electrons. The van der Waals surface area contributed by atoms with Gasteiger partial charge in [0.15, 0.2) is 5.75 Å². The van der Waals surface area contributed by atoms with Gasteiger partial charge in [-0.2, -0.15) is 0 Å². The monoisotopic (exact) mass is 241 g/mol. The van der Waals surface area contributed by atoms with Gasteiger partial charge in [0.1, 0.15) is 0 Å². The minimum absolute atomic E-state index is 0.212. The molecular formula is C15H15NO2. The van der Waals surface area contributed by atoms with Crippen LogP contribution in [-0.2, 0) is 0 Å². The zero-order valence-corrected chi connectivity index (χ0v) is 10.4. The van der Waals surface area contributed by atoms with E-state index < -0.39 is 0 Å². The molecule has 3 nitrogen and oxygen atoms in total. The normalized spacial score (nSPS) is 10.1. The maximum Gasteiger partial charge on any atom is 0.220 e. The first kappa shape index (κ1) is 12.2. The van der Waals surface area contributed by atoms with Crippen LogP contribution in [0.15, 0.2) is 53.3 Å². The molecule has 0 aliphatic heterocycles. The molecule has 0 fully saturated rings. The van der Waals surface area contributed by atoms with Gasteiger partial charge in [0, 0.05) is 25.3 Å². The minimum Gasteiger partial charge on any atom is -0.504 e. The molecule has 0 aliphatic carbocycles. The first-order chi connectivity index (χ1) is 8.59. The molecule has 0 aliphatic rings. The third-order valence-corrected chi connectivity index (χ3v) is 2.78. The van der Waals surface area contributed by atoms with Gasteiger partial charge in [-0.15, -0.1) is 0 Å². The predicted octanol–water partition coefficient (Wildman–Crippen LogP) is 2.49. The number of aromatic hydroxyl groups is 1. The van der Waals surface area contributed by atoms with Crippen molar-refractivity contribution in [3.8, 4) is 16.9 Å². The summed E-state index contributed by atoms with van der Waals surface area (Å²) in [5, 5.41) is 9.91.